The van der Waals surface area contributed by atoms with Gasteiger partial charge in [-0.05, 0) is 26.3 Å². The predicted octanol–water partition coefficient (Wildman–Crippen LogP) is 1.19. The minimum atomic E-state index is -0.147. The number of fused-ring (bicyclic) bond motifs is 1. The zero-order valence-corrected chi connectivity index (χ0v) is 13.9. The Labute approximate surface area is 137 Å². The second-order valence-electron chi connectivity index (χ2n) is 6.04. The molecule has 124 valence electrons. The highest BCUT2D eigenvalue weighted by molar-refractivity contribution is 7.16. The Morgan fingerprint density at radius 1 is 1.35 bits per heavy atom. The molecule has 0 amide bonds. The van der Waals surface area contributed by atoms with Gasteiger partial charge in [0.05, 0.1) is 24.9 Å². The molecule has 0 aliphatic carbocycles. The number of rotatable bonds is 3. The van der Waals surface area contributed by atoms with Crippen LogP contribution in [0.1, 0.15) is 30.0 Å². The van der Waals surface area contributed by atoms with Crippen LogP contribution in [0.15, 0.2) is 10.9 Å². The first-order chi connectivity index (χ1) is 11.2. The van der Waals surface area contributed by atoms with E-state index < -0.39 is 0 Å². The van der Waals surface area contributed by atoms with Crippen LogP contribution < -0.4 is 5.56 Å². The van der Waals surface area contributed by atoms with Gasteiger partial charge in [-0.15, -0.1) is 0 Å². The maximum Gasteiger partial charge on any atom is 0.275 e. The smallest absolute Gasteiger partial charge is 0.275 e. The van der Waals surface area contributed by atoms with Gasteiger partial charge in [0.15, 0.2) is 6.29 Å². The van der Waals surface area contributed by atoms with Crippen LogP contribution in [0.3, 0.4) is 0 Å². The molecule has 2 saturated heterocycles. The van der Waals surface area contributed by atoms with Crippen molar-refractivity contribution in [3.63, 3.8) is 0 Å². The molecule has 0 N–H and O–H groups in total. The summed E-state index contributed by atoms with van der Waals surface area (Å²) < 4.78 is 12.8. The fraction of sp³-hybridized carbons (Fsp3) is 0.667. The minimum absolute atomic E-state index is 0.115. The van der Waals surface area contributed by atoms with E-state index in [0.29, 0.717) is 24.7 Å². The molecule has 2 fully saturated rings. The van der Waals surface area contributed by atoms with Crippen LogP contribution in [0.25, 0.3) is 4.96 Å². The third-order valence-electron chi connectivity index (χ3n) is 4.39. The molecule has 7 nitrogen and oxygen atoms in total. The van der Waals surface area contributed by atoms with E-state index in [4.69, 9.17) is 9.47 Å². The average molecular weight is 336 g/mol. The van der Waals surface area contributed by atoms with Crippen LogP contribution >= 0.6 is 11.3 Å². The molecule has 23 heavy (non-hydrogen) atoms. The summed E-state index contributed by atoms with van der Waals surface area (Å²) in [6, 6.07) is 1.84. The summed E-state index contributed by atoms with van der Waals surface area (Å²) >= 11 is 1.44. The third-order valence-corrected chi connectivity index (χ3v) is 5.21. The Balaban J connectivity index is 1.59. The molecule has 0 radical (unpaired) electrons. The normalized spacial score (nSPS) is 23.8. The highest BCUT2D eigenvalue weighted by Gasteiger charge is 2.33. The average Bonchev–Trinajstić information content (AvgIpc) is 3.17. The summed E-state index contributed by atoms with van der Waals surface area (Å²) in [5.74, 6) is 0. The van der Waals surface area contributed by atoms with Crippen LogP contribution in [-0.2, 0) is 16.0 Å². The second-order valence-corrected chi connectivity index (χ2v) is 7.20. The number of hydrogen-bond donors (Lipinski definition) is 0. The summed E-state index contributed by atoms with van der Waals surface area (Å²) in [5, 5.41) is 5.03. The van der Waals surface area contributed by atoms with E-state index in [0.717, 1.165) is 30.1 Å². The maximum absolute atomic E-state index is 12.2. The molecule has 1 atom stereocenters. The lowest BCUT2D eigenvalue weighted by atomic mass is 10.0. The highest BCUT2D eigenvalue weighted by Crippen LogP contribution is 2.25. The Kier molecular flexibility index (Phi) is 4.14. The lowest BCUT2D eigenvalue weighted by Gasteiger charge is -2.37. The highest BCUT2D eigenvalue weighted by atomic mass is 32.1. The van der Waals surface area contributed by atoms with Gasteiger partial charge in [0.1, 0.15) is 5.01 Å². The van der Waals surface area contributed by atoms with Crippen molar-refractivity contribution in [3.8, 4) is 0 Å². The van der Waals surface area contributed by atoms with Crippen molar-refractivity contribution < 1.29 is 9.47 Å². The topological polar surface area (TPSA) is 69.0 Å². The minimum Gasteiger partial charge on any atom is -0.349 e. The van der Waals surface area contributed by atoms with E-state index in [1.807, 2.05) is 6.92 Å². The van der Waals surface area contributed by atoms with E-state index in [1.54, 1.807) is 6.07 Å². The van der Waals surface area contributed by atoms with Crippen molar-refractivity contribution in [1.82, 2.24) is 19.5 Å². The summed E-state index contributed by atoms with van der Waals surface area (Å²) in [7, 11) is 0. The van der Waals surface area contributed by atoms with Gasteiger partial charge in [-0.25, -0.2) is 4.98 Å². The Bertz CT molecular complexity index is 753. The molecular formula is C15H20N4O3S. The van der Waals surface area contributed by atoms with E-state index >= 15 is 0 Å². The fourth-order valence-corrected chi connectivity index (χ4v) is 4.13. The lowest BCUT2D eigenvalue weighted by molar-refractivity contribution is -0.111. The molecule has 2 aliphatic heterocycles. The lowest BCUT2D eigenvalue weighted by Crippen LogP contribution is -2.47. The van der Waals surface area contributed by atoms with Gasteiger partial charge in [0, 0.05) is 12.6 Å². The van der Waals surface area contributed by atoms with Crippen LogP contribution in [0.4, 0.5) is 0 Å². The van der Waals surface area contributed by atoms with E-state index in [9.17, 15) is 4.79 Å². The third kappa shape index (κ3) is 3.03. The Morgan fingerprint density at radius 3 is 3.00 bits per heavy atom. The number of aromatic nitrogens is 3. The van der Waals surface area contributed by atoms with Gasteiger partial charge < -0.3 is 9.47 Å². The monoisotopic (exact) mass is 336 g/mol. The molecule has 0 saturated carbocycles. The first-order valence-corrected chi connectivity index (χ1v) is 8.86. The van der Waals surface area contributed by atoms with Crippen molar-refractivity contribution in [2.75, 3.05) is 19.8 Å². The maximum atomic E-state index is 12.2. The number of aryl methyl sites for hydroxylation is 1. The molecule has 4 rings (SSSR count). The molecule has 0 aromatic carbocycles. The van der Waals surface area contributed by atoms with Crippen molar-refractivity contribution >= 4 is 16.3 Å². The quantitative estimate of drug-likeness (QED) is 0.838. The summed E-state index contributed by atoms with van der Waals surface area (Å²) in [6.45, 7) is 4.85. The SMILES string of the molecule is Cc1nn2c(=O)cc(CN3CCCCC3C3OCCO3)nc2s1. The largest absolute Gasteiger partial charge is 0.349 e. The number of ether oxygens (including phenoxy) is 2. The molecule has 2 aromatic rings. The van der Waals surface area contributed by atoms with Crippen molar-refractivity contribution in [3.05, 3.63) is 27.1 Å². The van der Waals surface area contributed by atoms with Crippen molar-refractivity contribution in [2.24, 2.45) is 0 Å². The molecule has 2 aliphatic rings. The fourth-order valence-electron chi connectivity index (χ4n) is 3.36. The van der Waals surface area contributed by atoms with Crippen LogP contribution in [0.2, 0.25) is 0 Å². The first-order valence-electron chi connectivity index (χ1n) is 8.04. The van der Waals surface area contributed by atoms with Crippen molar-refractivity contribution in [2.45, 2.75) is 45.1 Å². The molecule has 4 heterocycles. The standard InChI is InChI=1S/C15H20N4O3S/c1-10-17-19-13(20)8-11(16-15(19)23-10)9-18-5-3-2-4-12(18)14-21-6-7-22-14/h8,12,14H,2-7,9H2,1H3. The van der Waals surface area contributed by atoms with Crippen LogP contribution in [0, 0.1) is 6.92 Å². The molecule has 8 heteroatoms. The van der Waals surface area contributed by atoms with Gasteiger partial charge >= 0.3 is 0 Å². The predicted molar refractivity (Wildman–Crippen MR) is 85.6 cm³/mol. The number of likely N-dealkylation sites (tertiary alicyclic amines) is 1. The molecule has 1 unspecified atom stereocenters. The van der Waals surface area contributed by atoms with Crippen LogP contribution in [-0.4, -0.2) is 51.6 Å². The number of nitrogens with zero attached hydrogens (tertiary/aromatic N) is 4. The second kappa shape index (κ2) is 6.27. The summed E-state index contributed by atoms with van der Waals surface area (Å²) in [5.41, 5.74) is 0.680. The molecular weight excluding hydrogens is 316 g/mol. The molecule has 2 aromatic heterocycles. The summed E-state index contributed by atoms with van der Waals surface area (Å²) in [4.78, 5) is 19.8. The zero-order chi connectivity index (χ0) is 15.8. The van der Waals surface area contributed by atoms with E-state index in [2.05, 4.69) is 15.0 Å². The zero-order valence-electron chi connectivity index (χ0n) is 13.1. The number of hydrogen-bond acceptors (Lipinski definition) is 7. The van der Waals surface area contributed by atoms with E-state index in [1.165, 1.54) is 22.3 Å². The Hall–Kier alpha value is -1.35. The van der Waals surface area contributed by atoms with Gasteiger partial charge in [0.25, 0.3) is 5.56 Å². The van der Waals surface area contributed by atoms with Crippen molar-refractivity contribution in [1.29, 1.82) is 0 Å². The van der Waals surface area contributed by atoms with Gasteiger partial charge in [-0.1, -0.05) is 17.8 Å². The molecule has 0 spiro atoms. The summed E-state index contributed by atoms with van der Waals surface area (Å²) in [6.07, 6.45) is 3.26. The first kappa shape index (κ1) is 15.2. The van der Waals surface area contributed by atoms with Gasteiger partial charge in [-0.2, -0.15) is 9.61 Å². The number of piperidine rings is 1. The van der Waals surface area contributed by atoms with Crippen LogP contribution in [0.5, 0.6) is 0 Å². The molecule has 0 bridgehead atoms. The van der Waals surface area contributed by atoms with Gasteiger partial charge in [0.2, 0.25) is 4.96 Å². The van der Waals surface area contributed by atoms with E-state index in [-0.39, 0.29) is 17.9 Å². The Morgan fingerprint density at radius 2 is 2.17 bits per heavy atom. The van der Waals surface area contributed by atoms with Gasteiger partial charge in [-0.3, -0.25) is 9.69 Å².